The molecule has 1 N–H and O–H groups in total. The van der Waals surface area contributed by atoms with Gasteiger partial charge in [-0.2, -0.15) is 0 Å². The molecule has 0 fully saturated rings. The maximum atomic E-state index is 11.5. The highest BCUT2D eigenvalue weighted by atomic mass is 32.2. The lowest BCUT2D eigenvalue weighted by Gasteiger charge is -2.03. The van der Waals surface area contributed by atoms with E-state index in [0.717, 1.165) is 5.56 Å². The van der Waals surface area contributed by atoms with Crippen LogP contribution in [0.3, 0.4) is 0 Å². The van der Waals surface area contributed by atoms with Crippen molar-refractivity contribution in [3.05, 3.63) is 36.4 Å². The zero-order valence-electron chi connectivity index (χ0n) is 8.03. The van der Waals surface area contributed by atoms with Crippen molar-refractivity contribution in [2.24, 2.45) is 0 Å². The molecule has 0 bridgehead atoms. The van der Waals surface area contributed by atoms with E-state index in [4.69, 9.17) is 0 Å². The van der Waals surface area contributed by atoms with E-state index in [1.807, 2.05) is 0 Å². The highest BCUT2D eigenvalue weighted by Gasteiger charge is 2.10. The topological polar surface area (TPSA) is 46.2 Å². The van der Waals surface area contributed by atoms with Gasteiger partial charge in [-0.25, -0.2) is 13.1 Å². The minimum absolute atomic E-state index is 0.282. The van der Waals surface area contributed by atoms with Crippen molar-refractivity contribution in [2.45, 2.75) is 11.8 Å². The zero-order valence-corrected chi connectivity index (χ0v) is 8.84. The molecule has 0 amide bonds. The summed E-state index contributed by atoms with van der Waals surface area (Å²) in [5.41, 5.74) is 0.903. The van der Waals surface area contributed by atoms with E-state index in [0.29, 0.717) is 6.54 Å². The standard InChI is InChI=1S/C10H13NO2S/c1-3-9-5-7-10(8-6-9)14(12,13)11-4-2/h3,5-8,11H,1,4H2,2H3. The van der Waals surface area contributed by atoms with Gasteiger partial charge in [0.1, 0.15) is 0 Å². The fourth-order valence-electron chi connectivity index (χ4n) is 1.06. The average molecular weight is 211 g/mol. The summed E-state index contributed by atoms with van der Waals surface area (Å²) in [5, 5.41) is 0. The first-order valence-electron chi connectivity index (χ1n) is 4.32. The Bertz CT molecular complexity index is 406. The van der Waals surface area contributed by atoms with Crippen LogP contribution >= 0.6 is 0 Å². The molecule has 0 radical (unpaired) electrons. The second-order valence-corrected chi connectivity index (χ2v) is 4.54. The first-order chi connectivity index (χ1) is 6.60. The van der Waals surface area contributed by atoms with Gasteiger partial charge in [-0.1, -0.05) is 31.7 Å². The van der Waals surface area contributed by atoms with Gasteiger partial charge in [-0.15, -0.1) is 0 Å². The minimum atomic E-state index is -3.32. The molecule has 1 aromatic carbocycles. The van der Waals surface area contributed by atoms with Gasteiger partial charge in [-0.05, 0) is 17.7 Å². The van der Waals surface area contributed by atoms with E-state index in [1.165, 1.54) is 0 Å². The van der Waals surface area contributed by atoms with Crippen molar-refractivity contribution in [1.82, 2.24) is 4.72 Å². The number of hydrogen-bond donors (Lipinski definition) is 1. The summed E-state index contributed by atoms with van der Waals surface area (Å²) in [4.78, 5) is 0.282. The number of sulfonamides is 1. The van der Waals surface area contributed by atoms with Gasteiger partial charge in [0.25, 0.3) is 0 Å². The van der Waals surface area contributed by atoms with Crippen LogP contribution in [-0.4, -0.2) is 15.0 Å². The Morgan fingerprint density at radius 3 is 2.36 bits per heavy atom. The summed E-state index contributed by atoms with van der Waals surface area (Å²) < 4.78 is 25.4. The summed E-state index contributed by atoms with van der Waals surface area (Å²) in [5.74, 6) is 0. The summed E-state index contributed by atoms with van der Waals surface area (Å²) in [6.45, 7) is 5.73. The molecule has 76 valence electrons. The third kappa shape index (κ3) is 2.43. The highest BCUT2D eigenvalue weighted by Crippen LogP contribution is 2.10. The predicted octanol–water partition coefficient (Wildman–Crippen LogP) is 1.63. The minimum Gasteiger partial charge on any atom is -0.211 e. The van der Waals surface area contributed by atoms with Gasteiger partial charge in [-0.3, -0.25) is 0 Å². The maximum absolute atomic E-state index is 11.5. The molecule has 0 spiro atoms. The van der Waals surface area contributed by atoms with Crippen molar-refractivity contribution < 1.29 is 8.42 Å². The van der Waals surface area contributed by atoms with Gasteiger partial charge in [0, 0.05) is 6.54 Å². The van der Waals surface area contributed by atoms with Crippen molar-refractivity contribution in [2.75, 3.05) is 6.54 Å². The Morgan fingerprint density at radius 1 is 1.36 bits per heavy atom. The molecular weight excluding hydrogens is 198 g/mol. The maximum Gasteiger partial charge on any atom is 0.240 e. The second kappa shape index (κ2) is 4.39. The van der Waals surface area contributed by atoms with E-state index in [9.17, 15) is 8.42 Å². The summed E-state index contributed by atoms with van der Waals surface area (Å²) >= 11 is 0. The third-order valence-electron chi connectivity index (χ3n) is 1.76. The van der Waals surface area contributed by atoms with E-state index >= 15 is 0 Å². The molecule has 0 aromatic heterocycles. The molecule has 0 aliphatic carbocycles. The smallest absolute Gasteiger partial charge is 0.211 e. The van der Waals surface area contributed by atoms with Crippen LogP contribution in [0.5, 0.6) is 0 Å². The first kappa shape index (κ1) is 10.9. The van der Waals surface area contributed by atoms with E-state index in [2.05, 4.69) is 11.3 Å². The Kier molecular flexibility index (Phi) is 3.43. The Morgan fingerprint density at radius 2 is 1.93 bits per heavy atom. The summed E-state index contributed by atoms with van der Waals surface area (Å²) in [7, 11) is -3.32. The van der Waals surface area contributed by atoms with Crippen LogP contribution in [0, 0.1) is 0 Å². The molecule has 0 saturated heterocycles. The normalized spacial score (nSPS) is 11.2. The van der Waals surface area contributed by atoms with Gasteiger partial charge in [0.05, 0.1) is 4.90 Å². The van der Waals surface area contributed by atoms with Crippen LogP contribution in [0.15, 0.2) is 35.7 Å². The quantitative estimate of drug-likeness (QED) is 0.822. The second-order valence-electron chi connectivity index (χ2n) is 2.77. The molecule has 0 atom stereocenters. The highest BCUT2D eigenvalue weighted by molar-refractivity contribution is 7.89. The number of benzene rings is 1. The molecule has 1 rings (SSSR count). The summed E-state index contributed by atoms with van der Waals surface area (Å²) in [6, 6.07) is 6.57. The SMILES string of the molecule is C=Cc1ccc(S(=O)(=O)NCC)cc1. The predicted molar refractivity (Wildman–Crippen MR) is 57.4 cm³/mol. The van der Waals surface area contributed by atoms with Gasteiger partial charge < -0.3 is 0 Å². The Labute approximate surface area is 84.5 Å². The van der Waals surface area contributed by atoms with Crippen LogP contribution in [0.25, 0.3) is 6.08 Å². The van der Waals surface area contributed by atoms with Crippen molar-refractivity contribution in [3.63, 3.8) is 0 Å². The van der Waals surface area contributed by atoms with Gasteiger partial charge in [0.2, 0.25) is 10.0 Å². The lowest BCUT2D eigenvalue weighted by Crippen LogP contribution is -2.22. The first-order valence-corrected chi connectivity index (χ1v) is 5.80. The van der Waals surface area contributed by atoms with Crippen LogP contribution in [0.4, 0.5) is 0 Å². The lowest BCUT2D eigenvalue weighted by atomic mass is 10.2. The molecule has 0 aliphatic heterocycles. The van der Waals surface area contributed by atoms with Crippen LogP contribution in [0.2, 0.25) is 0 Å². The fourth-order valence-corrected chi connectivity index (χ4v) is 2.10. The molecule has 3 nitrogen and oxygen atoms in total. The van der Waals surface area contributed by atoms with E-state index < -0.39 is 10.0 Å². The molecule has 0 aliphatic rings. The monoisotopic (exact) mass is 211 g/mol. The van der Waals surface area contributed by atoms with E-state index in [-0.39, 0.29) is 4.90 Å². The lowest BCUT2D eigenvalue weighted by molar-refractivity contribution is 0.584. The van der Waals surface area contributed by atoms with Crippen molar-refractivity contribution in [3.8, 4) is 0 Å². The van der Waals surface area contributed by atoms with Gasteiger partial charge >= 0.3 is 0 Å². The molecule has 4 heteroatoms. The Hall–Kier alpha value is -1.13. The van der Waals surface area contributed by atoms with Crippen LogP contribution < -0.4 is 4.72 Å². The number of rotatable bonds is 4. The van der Waals surface area contributed by atoms with Crippen molar-refractivity contribution >= 4 is 16.1 Å². The van der Waals surface area contributed by atoms with Crippen LogP contribution in [0.1, 0.15) is 12.5 Å². The molecule has 0 heterocycles. The third-order valence-corrected chi connectivity index (χ3v) is 3.32. The largest absolute Gasteiger partial charge is 0.240 e. The average Bonchev–Trinajstić information content (AvgIpc) is 2.18. The van der Waals surface area contributed by atoms with E-state index in [1.54, 1.807) is 37.3 Å². The molecular formula is C10H13NO2S. The number of nitrogens with one attached hydrogen (secondary N) is 1. The van der Waals surface area contributed by atoms with Crippen molar-refractivity contribution in [1.29, 1.82) is 0 Å². The number of hydrogen-bond acceptors (Lipinski definition) is 2. The molecule has 0 unspecified atom stereocenters. The fraction of sp³-hybridized carbons (Fsp3) is 0.200. The molecule has 1 aromatic rings. The Balaban J connectivity index is 3.03. The summed E-state index contributed by atoms with van der Waals surface area (Å²) in [6.07, 6.45) is 1.67. The molecule has 0 saturated carbocycles. The zero-order chi connectivity index (χ0) is 10.6. The molecule has 14 heavy (non-hydrogen) atoms. The van der Waals surface area contributed by atoms with Gasteiger partial charge in [0.15, 0.2) is 0 Å². The van der Waals surface area contributed by atoms with Crippen LogP contribution in [-0.2, 0) is 10.0 Å².